The summed E-state index contributed by atoms with van der Waals surface area (Å²) < 4.78 is 0. The van der Waals surface area contributed by atoms with E-state index in [-0.39, 0.29) is 0 Å². The lowest BCUT2D eigenvalue weighted by atomic mass is 10.2. The Labute approximate surface area is 142 Å². The molecule has 2 aromatic rings. The third kappa shape index (κ3) is 3.12. The highest BCUT2D eigenvalue weighted by molar-refractivity contribution is 7.99. The Morgan fingerprint density at radius 1 is 1.00 bits per heavy atom. The molecule has 0 unspecified atom stereocenters. The molecule has 1 aliphatic rings. The van der Waals surface area contributed by atoms with E-state index in [2.05, 4.69) is 60.0 Å². The first-order valence-electron chi connectivity index (χ1n) is 7.79. The van der Waals surface area contributed by atoms with E-state index >= 15 is 0 Å². The number of nitrogens with zero attached hydrogens (tertiary/aromatic N) is 2. The molecule has 116 valence electrons. The van der Waals surface area contributed by atoms with Crippen LogP contribution in [0.3, 0.4) is 0 Å². The van der Waals surface area contributed by atoms with Gasteiger partial charge in [0.05, 0.1) is 11.4 Å². The van der Waals surface area contributed by atoms with Crippen LogP contribution in [0, 0.1) is 0 Å². The van der Waals surface area contributed by atoms with Gasteiger partial charge >= 0.3 is 0 Å². The fraction of sp³-hybridized carbons (Fsp3) is 0.333. The Bertz CT molecular complexity index is 655. The zero-order chi connectivity index (χ0) is 15.5. The predicted octanol–water partition coefficient (Wildman–Crippen LogP) is 5.28. The minimum Gasteiger partial charge on any atom is -0.338 e. The van der Waals surface area contributed by atoms with Crippen LogP contribution in [0.15, 0.2) is 52.3 Å². The van der Waals surface area contributed by atoms with Crippen LogP contribution in [0.1, 0.15) is 13.8 Å². The lowest BCUT2D eigenvalue weighted by Crippen LogP contribution is -2.33. The molecule has 0 bridgehead atoms. The summed E-state index contributed by atoms with van der Waals surface area (Å²) in [5, 5.41) is 0.798. The number of fused-ring (bicyclic) bond motifs is 2. The maximum Gasteiger partial charge on any atom is 0.0568 e. The van der Waals surface area contributed by atoms with Crippen molar-refractivity contribution >= 4 is 34.7 Å². The van der Waals surface area contributed by atoms with Crippen LogP contribution in [0.5, 0.6) is 0 Å². The van der Waals surface area contributed by atoms with Gasteiger partial charge < -0.3 is 9.80 Å². The number of benzene rings is 2. The Kier molecular flexibility index (Phi) is 4.97. The van der Waals surface area contributed by atoms with Gasteiger partial charge in [0.25, 0.3) is 0 Å². The van der Waals surface area contributed by atoms with E-state index in [0.717, 1.165) is 31.2 Å². The largest absolute Gasteiger partial charge is 0.338 e. The molecule has 0 saturated carbocycles. The fourth-order valence-electron chi connectivity index (χ4n) is 2.82. The van der Waals surface area contributed by atoms with E-state index in [4.69, 9.17) is 11.6 Å². The van der Waals surface area contributed by atoms with Crippen LogP contribution in [0.25, 0.3) is 0 Å². The molecular formula is C18H21ClN2S. The van der Waals surface area contributed by atoms with Gasteiger partial charge in [-0.3, -0.25) is 0 Å². The van der Waals surface area contributed by atoms with E-state index in [9.17, 15) is 0 Å². The van der Waals surface area contributed by atoms with Gasteiger partial charge in [-0.05, 0) is 43.4 Å². The molecular weight excluding hydrogens is 312 g/mol. The van der Waals surface area contributed by atoms with Crippen molar-refractivity contribution in [2.75, 3.05) is 31.1 Å². The monoisotopic (exact) mass is 332 g/mol. The summed E-state index contributed by atoms with van der Waals surface area (Å²) in [5.41, 5.74) is 2.51. The number of para-hydroxylation sites is 1. The van der Waals surface area contributed by atoms with Crippen LogP contribution in [-0.4, -0.2) is 31.1 Å². The molecule has 0 radical (unpaired) electrons. The van der Waals surface area contributed by atoms with Gasteiger partial charge in [0, 0.05) is 27.9 Å². The van der Waals surface area contributed by atoms with Crippen molar-refractivity contribution in [3.63, 3.8) is 0 Å². The van der Waals surface area contributed by atoms with E-state index in [0.29, 0.717) is 0 Å². The second-order valence-electron chi connectivity index (χ2n) is 5.36. The number of likely N-dealkylation sites (N-methyl/N-ethyl adjacent to an activating group) is 1. The Morgan fingerprint density at radius 2 is 1.73 bits per heavy atom. The van der Waals surface area contributed by atoms with Crippen molar-refractivity contribution in [2.45, 2.75) is 23.6 Å². The van der Waals surface area contributed by atoms with Crippen LogP contribution in [-0.2, 0) is 0 Å². The predicted molar refractivity (Wildman–Crippen MR) is 96.8 cm³/mol. The lowest BCUT2D eigenvalue weighted by molar-refractivity contribution is 0.312. The second kappa shape index (κ2) is 6.95. The molecule has 0 amide bonds. The van der Waals surface area contributed by atoms with E-state index in [1.807, 2.05) is 17.8 Å². The highest BCUT2D eigenvalue weighted by Crippen LogP contribution is 2.48. The summed E-state index contributed by atoms with van der Waals surface area (Å²) >= 11 is 8.07. The zero-order valence-corrected chi connectivity index (χ0v) is 14.6. The number of hydrogen-bond donors (Lipinski definition) is 0. The Balaban J connectivity index is 1.95. The molecule has 2 aromatic carbocycles. The van der Waals surface area contributed by atoms with Crippen molar-refractivity contribution in [1.82, 2.24) is 4.90 Å². The van der Waals surface area contributed by atoms with Crippen molar-refractivity contribution in [1.29, 1.82) is 0 Å². The number of hydrogen-bond acceptors (Lipinski definition) is 3. The maximum atomic E-state index is 6.24. The normalized spacial score (nSPS) is 13.2. The average Bonchev–Trinajstić information content (AvgIpc) is 2.55. The summed E-state index contributed by atoms with van der Waals surface area (Å²) in [4.78, 5) is 7.46. The molecule has 22 heavy (non-hydrogen) atoms. The lowest BCUT2D eigenvalue weighted by Gasteiger charge is -2.34. The molecule has 1 aliphatic heterocycles. The van der Waals surface area contributed by atoms with Gasteiger partial charge in [0.2, 0.25) is 0 Å². The van der Waals surface area contributed by atoms with Gasteiger partial charge in [-0.15, -0.1) is 0 Å². The SMILES string of the molecule is CCN(CC)CCN1c2ccccc2Sc2ccc(Cl)cc21. The van der Waals surface area contributed by atoms with Crippen LogP contribution >= 0.6 is 23.4 Å². The first kappa shape index (κ1) is 15.7. The van der Waals surface area contributed by atoms with Crippen LogP contribution < -0.4 is 4.90 Å². The topological polar surface area (TPSA) is 6.48 Å². The first-order chi connectivity index (χ1) is 10.7. The summed E-state index contributed by atoms with van der Waals surface area (Å²) in [6, 6.07) is 14.8. The van der Waals surface area contributed by atoms with Gasteiger partial charge in [0.15, 0.2) is 0 Å². The Hall–Kier alpha value is -1.16. The van der Waals surface area contributed by atoms with E-state index in [1.54, 1.807) is 0 Å². The fourth-order valence-corrected chi connectivity index (χ4v) is 4.07. The smallest absolute Gasteiger partial charge is 0.0568 e. The third-order valence-corrected chi connectivity index (χ3v) is 5.49. The standard InChI is InChI=1S/C18H21ClN2S/c1-3-20(4-2)11-12-21-15-7-5-6-8-17(15)22-18-10-9-14(19)13-16(18)21/h5-10,13H,3-4,11-12H2,1-2H3. The maximum absolute atomic E-state index is 6.24. The minimum atomic E-state index is 0.798. The van der Waals surface area contributed by atoms with Crippen molar-refractivity contribution in [2.24, 2.45) is 0 Å². The molecule has 0 saturated heterocycles. The van der Waals surface area contributed by atoms with E-state index in [1.165, 1.54) is 21.2 Å². The molecule has 0 N–H and O–H groups in total. The molecule has 2 nitrogen and oxygen atoms in total. The molecule has 0 aliphatic carbocycles. The van der Waals surface area contributed by atoms with Gasteiger partial charge in [0.1, 0.15) is 0 Å². The summed E-state index contributed by atoms with van der Waals surface area (Å²) in [6.07, 6.45) is 0. The number of anilines is 2. The highest BCUT2D eigenvalue weighted by atomic mass is 35.5. The zero-order valence-electron chi connectivity index (χ0n) is 13.1. The van der Waals surface area contributed by atoms with Crippen molar-refractivity contribution in [3.8, 4) is 0 Å². The van der Waals surface area contributed by atoms with Crippen molar-refractivity contribution in [3.05, 3.63) is 47.5 Å². The molecule has 4 heteroatoms. The minimum absolute atomic E-state index is 0.798. The summed E-state index contributed by atoms with van der Waals surface area (Å²) in [5.74, 6) is 0. The highest BCUT2D eigenvalue weighted by Gasteiger charge is 2.23. The summed E-state index contributed by atoms with van der Waals surface area (Å²) in [7, 11) is 0. The molecule has 1 heterocycles. The van der Waals surface area contributed by atoms with Crippen LogP contribution in [0.4, 0.5) is 11.4 Å². The second-order valence-corrected chi connectivity index (χ2v) is 6.88. The van der Waals surface area contributed by atoms with Crippen molar-refractivity contribution < 1.29 is 0 Å². The molecule has 0 atom stereocenters. The quantitative estimate of drug-likeness (QED) is 0.735. The first-order valence-corrected chi connectivity index (χ1v) is 8.98. The Morgan fingerprint density at radius 3 is 2.50 bits per heavy atom. The van der Waals surface area contributed by atoms with Crippen LogP contribution in [0.2, 0.25) is 5.02 Å². The van der Waals surface area contributed by atoms with Gasteiger partial charge in [-0.2, -0.15) is 0 Å². The number of halogens is 1. The summed E-state index contributed by atoms with van der Waals surface area (Å²) in [6.45, 7) is 8.64. The number of rotatable bonds is 5. The molecule has 0 spiro atoms. The molecule has 0 fully saturated rings. The molecule has 0 aromatic heterocycles. The van der Waals surface area contributed by atoms with Gasteiger partial charge in [-0.25, -0.2) is 0 Å². The van der Waals surface area contributed by atoms with Gasteiger partial charge in [-0.1, -0.05) is 49.3 Å². The average molecular weight is 333 g/mol. The van der Waals surface area contributed by atoms with E-state index < -0.39 is 0 Å². The molecule has 3 rings (SSSR count). The third-order valence-electron chi connectivity index (χ3n) is 4.12.